The molecule has 3 nitrogen and oxygen atoms in total. The Hall–Kier alpha value is -1.51. The molecule has 0 radical (unpaired) electrons. The van der Waals surface area contributed by atoms with E-state index in [9.17, 15) is 4.79 Å². The normalized spacial score (nSPS) is 22.8. The molecule has 104 valence electrons. The number of hydrogen-bond donors (Lipinski definition) is 0. The highest BCUT2D eigenvalue weighted by Crippen LogP contribution is 2.39. The van der Waals surface area contributed by atoms with Crippen LogP contribution in [0.3, 0.4) is 0 Å². The van der Waals surface area contributed by atoms with Crippen LogP contribution in [0.5, 0.6) is 5.75 Å². The maximum absolute atomic E-state index is 11.6. The molecule has 0 saturated heterocycles. The Morgan fingerprint density at radius 1 is 1.26 bits per heavy atom. The Balaban J connectivity index is 2.21. The number of carbonyl (C=O) groups is 1. The van der Waals surface area contributed by atoms with Crippen molar-refractivity contribution in [3.05, 3.63) is 29.8 Å². The number of benzene rings is 1. The second-order valence-electron chi connectivity index (χ2n) is 5.01. The summed E-state index contributed by atoms with van der Waals surface area (Å²) in [5, 5.41) is 0. The predicted molar refractivity (Wildman–Crippen MR) is 74.4 cm³/mol. The summed E-state index contributed by atoms with van der Waals surface area (Å²) in [6.07, 6.45) is 4.76. The van der Waals surface area contributed by atoms with Gasteiger partial charge in [0.05, 0.1) is 7.11 Å². The van der Waals surface area contributed by atoms with Gasteiger partial charge in [-0.2, -0.15) is 0 Å². The van der Waals surface area contributed by atoms with E-state index in [-0.39, 0.29) is 18.0 Å². The predicted octanol–water partition coefficient (Wildman–Crippen LogP) is 3.67. The third kappa shape index (κ3) is 3.28. The number of rotatable bonds is 4. The van der Waals surface area contributed by atoms with Gasteiger partial charge in [0.1, 0.15) is 11.9 Å². The zero-order chi connectivity index (χ0) is 13.7. The lowest BCUT2D eigenvalue weighted by Gasteiger charge is -2.32. The highest BCUT2D eigenvalue weighted by Gasteiger charge is 2.30. The molecule has 3 heteroatoms. The highest BCUT2D eigenvalue weighted by atomic mass is 16.5. The number of esters is 1. The average molecular weight is 262 g/mol. The molecule has 0 spiro atoms. The van der Waals surface area contributed by atoms with Gasteiger partial charge in [0, 0.05) is 17.9 Å². The summed E-state index contributed by atoms with van der Waals surface area (Å²) >= 11 is 0. The van der Waals surface area contributed by atoms with Gasteiger partial charge >= 0.3 is 5.97 Å². The number of hydrogen-bond acceptors (Lipinski definition) is 3. The lowest BCUT2D eigenvalue weighted by Crippen LogP contribution is -2.28. The molecular formula is C16H22O3. The van der Waals surface area contributed by atoms with E-state index in [1.165, 1.54) is 12.0 Å². The summed E-state index contributed by atoms with van der Waals surface area (Å²) in [6.45, 7) is 1.84. The third-order valence-corrected chi connectivity index (χ3v) is 3.81. The van der Waals surface area contributed by atoms with Gasteiger partial charge in [-0.25, -0.2) is 0 Å². The van der Waals surface area contributed by atoms with E-state index >= 15 is 0 Å². The lowest BCUT2D eigenvalue weighted by atomic mass is 9.81. The SMILES string of the molecule is CCC(=O)O[C@@H]1CCCC[C@H]1c1ccccc1OC. The van der Waals surface area contributed by atoms with Crippen LogP contribution in [-0.2, 0) is 9.53 Å². The zero-order valence-electron chi connectivity index (χ0n) is 11.7. The fourth-order valence-corrected chi connectivity index (χ4v) is 2.82. The van der Waals surface area contributed by atoms with Crippen LogP contribution in [0.1, 0.15) is 50.5 Å². The second kappa shape index (κ2) is 6.60. The van der Waals surface area contributed by atoms with Crippen LogP contribution >= 0.6 is 0 Å². The Kier molecular flexibility index (Phi) is 4.83. The highest BCUT2D eigenvalue weighted by molar-refractivity contribution is 5.69. The van der Waals surface area contributed by atoms with Crippen molar-refractivity contribution in [2.75, 3.05) is 7.11 Å². The van der Waals surface area contributed by atoms with E-state index in [1.54, 1.807) is 7.11 Å². The Bertz CT molecular complexity index is 428. The van der Waals surface area contributed by atoms with Gasteiger partial charge in [-0.1, -0.05) is 31.5 Å². The number of methoxy groups -OCH3 is 1. The molecule has 1 fully saturated rings. The molecule has 0 aliphatic heterocycles. The summed E-state index contributed by atoms with van der Waals surface area (Å²) < 4.78 is 11.1. The number of ether oxygens (including phenoxy) is 2. The van der Waals surface area contributed by atoms with E-state index in [1.807, 2.05) is 25.1 Å². The van der Waals surface area contributed by atoms with Crippen molar-refractivity contribution in [1.82, 2.24) is 0 Å². The molecule has 1 aliphatic rings. The summed E-state index contributed by atoms with van der Waals surface area (Å²) in [5.41, 5.74) is 1.17. The van der Waals surface area contributed by atoms with E-state index in [2.05, 4.69) is 6.07 Å². The number of carbonyl (C=O) groups excluding carboxylic acids is 1. The summed E-state index contributed by atoms with van der Waals surface area (Å²) in [7, 11) is 1.69. The quantitative estimate of drug-likeness (QED) is 0.777. The van der Waals surface area contributed by atoms with Crippen LogP contribution in [0.15, 0.2) is 24.3 Å². The van der Waals surface area contributed by atoms with E-state index in [0.717, 1.165) is 25.0 Å². The maximum atomic E-state index is 11.6. The molecule has 0 N–H and O–H groups in total. The van der Waals surface area contributed by atoms with Gasteiger partial charge in [-0.15, -0.1) is 0 Å². The molecule has 0 unspecified atom stereocenters. The van der Waals surface area contributed by atoms with Crippen LogP contribution in [0.2, 0.25) is 0 Å². The maximum Gasteiger partial charge on any atom is 0.305 e. The van der Waals surface area contributed by atoms with Crippen molar-refractivity contribution in [2.24, 2.45) is 0 Å². The standard InChI is InChI=1S/C16H22O3/c1-3-16(17)19-15-11-7-5-9-13(15)12-8-4-6-10-14(12)18-2/h4,6,8,10,13,15H,3,5,7,9,11H2,1-2H3/t13-,15+/m0/s1. The minimum Gasteiger partial charge on any atom is -0.496 e. The first-order valence-electron chi connectivity index (χ1n) is 7.08. The molecule has 19 heavy (non-hydrogen) atoms. The molecule has 2 rings (SSSR count). The molecule has 0 amide bonds. The minimum atomic E-state index is -0.105. The molecule has 0 bridgehead atoms. The largest absolute Gasteiger partial charge is 0.496 e. The molecule has 1 aromatic carbocycles. The van der Waals surface area contributed by atoms with Crippen molar-refractivity contribution in [3.8, 4) is 5.75 Å². The second-order valence-corrected chi connectivity index (χ2v) is 5.01. The van der Waals surface area contributed by atoms with Gasteiger partial charge in [0.15, 0.2) is 0 Å². The fourth-order valence-electron chi connectivity index (χ4n) is 2.82. The molecule has 1 saturated carbocycles. The molecule has 2 atom stereocenters. The van der Waals surface area contributed by atoms with E-state index < -0.39 is 0 Å². The Labute approximate surface area is 114 Å². The van der Waals surface area contributed by atoms with Crippen molar-refractivity contribution in [1.29, 1.82) is 0 Å². The first-order chi connectivity index (χ1) is 9.26. The van der Waals surface area contributed by atoms with Crippen molar-refractivity contribution < 1.29 is 14.3 Å². The van der Waals surface area contributed by atoms with Gasteiger partial charge < -0.3 is 9.47 Å². The van der Waals surface area contributed by atoms with Crippen molar-refractivity contribution in [3.63, 3.8) is 0 Å². The number of para-hydroxylation sites is 1. The fraction of sp³-hybridized carbons (Fsp3) is 0.562. The smallest absolute Gasteiger partial charge is 0.305 e. The molecule has 0 aromatic heterocycles. The van der Waals surface area contributed by atoms with Crippen molar-refractivity contribution in [2.45, 2.75) is 51.0 Å². The molecule has 0 heterocycles. The van der Waals surface area contributed by atoms with Crippen LogP contribution < -0.4 is 4.74 Å². The van der Waals surface area contributed by atoms with Gasteiger partial charge in [0.25, 0.3) is 0 Å². The van der Waals surface area contributed by atoms with Crippen LogP contribution in [0.25, 0.3) is 0 Å². The van der Waals surface area contributed by atoms with Crippen LogP contribution in [0.4, 0.5) is 0 Å². The topological polar surface area (TPSA) is 35.5 Å². The summed E-state index contributed by atoms with van der Waals surface area (Å²) in [4.78, 5) is 11.6. The van der Waals surface area contributed by atoms with Gasteiger partial charge in [-0.3, -0.25) is 4.79 Å². The zero-order valence-corrected chi connectivity index (χ0v) is 11.7. The summed E-state index contributed by atoms with van der Waals surface area (Å²) in [6, 6.07) is 8.05. The van der Waals surface area contributed by atoms with E-state index in [0.29, 0.717) is 6.42 Å². The first-order valence-corrected chi connectivity index (χ1v) is 7.08. The van der Waals surface area contributed by atoms with Gasteiger partial charge in [0.2, 0.25) is 0 Å². The van der Waals surface area contributed by atoms with Crippen molar-refractivity contribution >= 4 is 5.97 Å². The van der Waals surface area contributed by atoms with E-state index in [4.69, 9.17) is 9.47 Å². The van der Waals surface area contributed by atoms with Crippen LogP contribution in [-0.4, -0.2) is 19.2 Å². The molecule has 1 aliphatic carbocycles. The average Bonchev–Trinajstić information content (AvgIpc) is 2.47. The molecule has 1 aromatic rings. The minimum absolute atomic E-state index is 0.00231. The summed E-state index contributed by atoms with van der Waals surface area (Å²) in [5.74, 6) is 1.05. The lowest BCUT2D eigenvalue weighted by molar-refractivity contribution is -0.151. The third-order valence-electron chi connectivity index (χ3n) is 3.81. The Morgan fingerprint density at radius 3 is 2.74 bits per heavy atom. The Morgan fingerprint density at radius 2 is 2.00 bits per heavy atom. The first kappa shape index (κ1) is 13.9. The molecular weight excluding hydrogens is 240 g/mol. The van der Waals surface area contributed by atoms with Crippen LogP contribution in [0, 0.1) is 0 Å². The van der Waals surface area contributed by atoms with Gasteiger partial charge in [-0.05, 0) is 25.3 Å². The monoisotopic (exact) mass is 262 g/mol.